The number of hydrogen-bond donors (Lipinski definition) is 0. The van der Waals surface area contributed by atoms with Gasteiger partial charge in [-0.2, -0.15) is 0 Å². The molecule has 0 atom stereocenters. The van der Waals surface area contributed by atoms with Crippen LogP contribution in [0.2, 0.25) is 0 Å². The summed E-state index contributed by atoms with van der Waals surface area (Å²) < 4.78 is 14.4. The van der Waals surface area contributed by atoms with Gasteiger partial charge in [0.05, 0.1) is 30.9 Å². The monoisotopic (exact) mass is 294 g/mol. The summed E-state index contributed by atoms with van der Waals surface area (Å²) in [6, 6.07) is 3.92. The molecule has 0 radical (unpaired) electrons. The van der Waals surface area contributed by atoms with Crippen LogP contribution in [0.5, 0.6) is 0 Å². The molecule has 0 bridgehead atoms. The third kappa shape index (κ3) is 4.59. The van der Waals surface area contributed by atoms with Gasteiger partial charge in [-0.15, -0.1) is 0 Å². The van der Waals surface area contributed by atoms with Crippen molar-refractivity contribution in [2.75, 3.05) is 14.2 Å². The third-order valence-corrected chi connectivity index (χ3v) is 2.41. The molecule has 114 valence electrons. The van der Waals surface area contributed by atoms with Crippen molar-refractivity contribution in [2.45, 2.75) is 26.4 Å². The molecular formula is C15H18O6. The Morgan fingerprint density at radius 2 is 1.10 bits per heavy atom. The van der Waals surface area contributed by atoms with Crippen molar-refractivity contribution < 1.29 is 28.6 Å². The SMILES string of the molecule is COC(=O)c1cc(C(=O)OC)cc(C(=O)OC(C)(C)C)c1. The standard InChI is InChI=1S/C15H18O6/c1-15(2,3)21-14(18)11-7-9(12(16)19-4)6-10(8-11)13(17)20-5/h6-8H,1-5H3. The second kappa shape index (κ2) is 6.39. The zero-order chi connectivity index (χ0) is 16.2. The lowest BCUT2D eigenvalue weighted by atomic mass is 10.1. The summed E-state index contributed by atoms with van der Waals surface area (Å²) in [6.45, 7) is 5.16. The van der Waals surface area contributed by atoms with Crippen LogP contribution in [0.1, 0.15) is 51.8 Å². The molecule has 0 amide bonds. The second-order valence-electron chi connectivity index (χ2n) is 5.28. The zero-order valence-corrected chi connectivity index (χ0v) is 12.7. The molecule has 21 heavy (non-hydrogen) atoms. The first kappa shape index (κ1) is 16.7. The van der Waals surface area contributed by atoms with Gasteiger partial charge in [0.1, 0.15) is 5.60 Å². The van der Waals surface area contributed by atoms with E-state index in [0.29, 0.717) is 0 Å². The maximum atomic E-state index is 12.1. The molecule has 1 aromatic rings. The molecule has 0 saturated carbocycles. The number of carbonyl (C=O) groups excluding carboxylic acids is 3. The van der Waals surface area contributed by atoms with E-state index in [-0.39, 0.29) is 16.7 Å². The topological polar surface area (TPSA) is 78.9 Å². The van der Waals surface area contributed by atoms with E-state index in [1.165, 1.54) is 32.4 Å². The highest BCUT2D eigenvalue weighted by Gasteiger charge is 2.21. The van der Waals surface area contributed by atoms with E-state index < -0.39 is 23.5 Å². The Kier molecular flexibility index (Phi) is 5.07. The maximum absolute atomic E-state index is 12.1. The van der Waals surface area contributed by atoms with E-state index in [9.17, 15) is 14.4 Å². The fourth-order valence-electron chi connectivity index (χ4n) is 1.55. The van der Waals surface area contributed by atoms with Gasteiger partial charge in [-0.1, -0.05) is 0 Å². The summed E-state index contributed by atoms with van der Waals surface area (Å²) >= 11 is 0. The van der Waals surface area contributed by atoms with Crippen molar-refractivity contribution in [1.82, 2.24) is 0 Å². The molecule has 0 heterocycles. The van der Waals surface area contributed by atoms with Crippen LogP contribution < -0.4 is 0 Å². The largest absolute Gasteiger partial charge is 0.465 e. The Labute approximate surface area is 123 Å². The van der Waals surface area contributed by atoms with E-state index in [4.69, 9.17) is 4.74 Å². The molecule has 6 heteroatoms. The van der Waals surface area contributed by atoms with Gasteiger partial charge < -0.3 is 14.2 Å². The number of ether oxygens (including phenoxy) is 3. The number of esters is 3. The number of methoxy groups -OCH3 is 2. The summed E-state index contributed by atoms with van der Waals surface area (Å²) in [7, 11) is 2.42. The highest BCUT2D eigenvalue weighted by atomic mass is 16.6. The van der Waals surface area contributed by atoms with Crippen LogP contribution in [0, 0.1) is 0 Å². The van der Waals surface area contributed by atoms with Crippen LogP contribution >= 0.6 is 0 Å². The Bertz CT molecular complexity index is 534. The average Bonchev–Trinajstić information content (AvgIpc) is 2.43. The van der Waals surface area contributed by atoms with E-state index in [1.54, 1.807) is 20.8 Å². The van der Waals surface area contributed by atoms with Crippen LogP contribution in [0.4, 0.5) is 0 Å². The van der Waals surface area contributed by atoms with Crippen molar-refractivity contribution in [1.29, 1.82) is 0 Å². The molecule has 0 N–H and O–H groups in total. The summed E-state index contributed by atoms with van der Waals surface area (Å²) in [6.07, 6.45) is 0. The molecule has 0 aliphatic rings. The van der Waals surface area contributed by atoms with Crippen molar-refractivity contribution >= 4 is 17.9 Å². The van der Waals surface area contributed by atoms with Crippen molar-refractivity contribution in [2.24, 2.45) is 0 Å². The van der Waals surface area contributed by atoms with Crippen LogP contribution in [0.3, 0.4) is 0 Å². The number of carbonyl (C=O) groups is 3. The van der Waals surface area contributed by atoms with Gasteiger partial charge >= 0.3 is 17.9 Å². The summed E-state index contributed by atoms with van der Waals surface area (Å²) in [5.41, 5.74) is -0.472. The normalized spacial score (nSPS) is 10.7. The van der Waals surface area contributed by atoms with Crippen molar-refractivity contribution in [3.63, 3.8) is 0 Å². The zero-order valence-electron chi connectivity index (χ0n) is 12.7. The van der Waals surface area contributed by atoms with Crippen LogP contribution in [-0.4, -0.2) is 37.7 Å². The number of rotatable bonds is 3. The summed E-state index contributed by atoms with van der Waals surface area (Å²) in [4.78, 5) is 35.3. The minimum absolute atomic E-state index is 0.0706. The molecular weight excluding hydrogens is 276 g/mol. The summed E-state index contributed by atoms with van der Waals surface area (Å²) in [5, 5.41) is 0. The van der Waals surface area contributed by atoms with Crippen LogP contribution in [-0.2, 0) is 14.2 Å². The van der Waals surface area contributed by atoms with Crippen LogP contribution in [0.25, 0.3) is 0 Å². The Morgan fingerprint density at radius 3 is 1.38 bits per heavy atom. The van der Waals surface area contributed by atoms with Gasteiger partial charge in [0.25, 0.3) is 0 Å². The lowest BCUT2D eigenvalue weighted by molar-refractivity contribution is 0.00695. The molecule has 0 saturated heterocycles. The third-order valence-electron chi connectivity index (χ3n) is 2.41. The first-order chi connectivity index (χ1) is 9.67. The average molecular weight is 294 g/mol. The molecule has 1 rings (SSSR count). The molecule has 0 aliphatic heterocycles. The minimum atomic E-state index is -0.691. The lowest BCUT2D eigenvalue weighted by Gasteiger charge is -2.19. The van der Waals surface area contributed by atoms with Crippen molar-refractivity contribution in [3.05, 3.63) is 34.9 Å². The van der Waals surface area contributed by atoms with E-state index in [1.807, 2.05) is 0 Å². The number of benzene rings is 1. The molecule has 1 aromatic carbocycles. The fraction of sp³-hybridized carbons (Fsp3) is 0.400. The highest BCUT2D eigenvalue weighted by Crippen LogP contribution is 2.17. The Hall–Kier alpha value is -2.37. The van der Waals surface area contributed by atoms with Gasteiger partial charge in [0, 0.05) is 0 Å². The van der Waals surface area contributed by atoms with E-state index in [0.717, 1.165) is 0 Å². The van der Waals surface area contributed by atoms with Gasteiger partial charge in [0.2, 0.25) is 0 Å². The van der Waals surface area contributed by atoms with Crippen molar-refractivity contribution in [3.8, 4) is 0 Å². The van der Waals surface area contributed by atoms with Crippen LogP contribution in [0.15, 0.2) is 18.2 Å². The first-order valence-corrected chi connectivity index (χ1v) is 6.23. The van der Waals surface area contributed by atoms with Gasteiger partial charge in [-0.05, 0) is 39.0 Å². The summed E-state index contributed by atoms with van der Waals surface area (Å²) in [5.74, 6) is -1.96. The fourth-order valence-corrected chi connectivity index (χ4v) is 1.55. The molecule has 0 spiro atoms. The Morgan fingerprint density at radius 1 is 0.762 bits per heavy atom. The Balaban J connectivity index is 3.28. The molecule has 0 aromatic heterocycles. The van der Waals surface area contributed by atoms with Gasteiger partial charge in [-0.25, -0.2) is 14.4 Å². The van der Waals surface area contributed by atoms with E-state index in [2.05, 4.69) is 9.47 Å². The van der Waals surface area contributed by atoms with Gasteiger partial charge in [0.15, 0.2) is 0 Å². The predicted octanol–water partition coefficient (Wildman–Crippen LogP) is 2.22. The molecule has 0 unspecified atom stereocenters. The number of hydrogen-bond acceptors (Lipinski definition) is 6. The smallest absolute Gasteiger partial charge is 0.338 e. The van der Waals surface area contributed by atoms with Gasteiger partial charge in [-0.3, -0.25) is 0 Å². The predicted molar refractivity (Wildman–Crippen MR) is 74.3 cm³/mol. The molecule has 0 fully saturated rings. The first-order valence-electron chi connectivity index (χ1n) is 6.23. The van der Waals surface area contributed by atoms with E-state index >= 15 is 0 Å². The maximum Gasteiger partial charge on any atom is 0.338 e. The second-order valence-corrected chi connectivity index (χ2v) is 5.28. The minimum Gasteiger partial charge on any atom is -0.465 e. The molecule has 0 aliphatic carbocycles. The highest BCUT2D eigenvalue weighted by molar-refractivity contribution is 6.00. The quantitative estimate of drug-likeness (QED) is 0.628. The lowest BCUT2D eigenvalue weighted by Crippen LogP contribution is -2.24. The molecule has 6 nitrogen and oxygen atoms in total.